The third kappa shape index (κ3) is 2.84. The fourth-order valence-electron chi connectivity index (χ4n) is 2.01. The first-order chi connectivity index (χ1) is 9.04. The molecule has 102 valence electrons. The van der Waals surface area contributed by atoms with E-state index in [-0.39, 0.29) is 5.56 Å². The van der Waals surface area contributed by atoms with Crippen LogP contribution in [0.2, 0.25) is 0 Å². The molecule has 19 heavy (non-hydrogen) atoms. The number of hydrogen-bond donors (Lipinski definition) is 1. The van der Waals surface area contributed by atoms with Crippen LogP contribution in [0.3, 0.4) is 0 Å². The maximum atomic E-state index is 13.6. The summed E-state index contributed by atoms with van der Waals surface area (Å²) in [6.45, 7) is 4.56. The van der Waals surface area contributed by atoms with Crippen molar-refractivity contribution >= 4 is 15.9 Å². The summed E-state index contributed by atoms with van der Waals surface area (Å²) in [5, 5.41) is 14.5. The Balaban J connectivity index is 2.29. The lowest BCUT2D eigenvalue weighted by atomic mass is 10.1. The quantitative estimate of drug-likeness (QED) is 0.939. The second kappa shape index (κ2) is 5.79. The number of hydrogen-bond acceptors (Lipinski definition) is 3. The molecule has 0 fully saturated rings. The SMILES string of the molecule is CCn1nc(C)c(Br)c1CC(O)c1ccncc1F. The lowest BCUT2D eigenvalue weighted by Gasteiger charge is -2.13. The van der Waals surface area contributed by atoms with Crippen LogP contribution >= 0.6 is 15.9 Å². The van der Waals surface area contributed by atoms with Gasteiger partial charge in [0, 0.05) is 24.7 Å². The Morgan fingerprint density at radius 1 is 1.53 bits per heavy atom. The van der Waals surface area contributed by atoms with Crippen LogP contribution in [0, 0.1) is 12.7 Å². The molecule has 4 nitrogen and oxygen atoms in total. The average molecular weight is 328 g/mol. The molecule has 0 amide bonds. The summed E-state index contributed by atoms with van der Waals surface area (Å²) in [7, 11) is 0. The van der Waals surface area contributed by atoms with Gasteiger partial charge in [-0.3, -0.25) is 9.67 Å². The van der Waals surface area contributed by atoms with Gasteiger partial charge in [0.25, 0.3) is 0 Å². The molecule has 0 saturated heterocycles. The number of rotatable bonds is 4. The summed E-state index contributed by atoms with van der Waals surface area (Å²) in [5.41, 5.74) is 1.98. The van der Waals surface area contributed by atoms with Gasteiger partial charge < -0.3 is 5.11 Å². The van der Waals surface area contributed by atoms with Gasteiger partial charge in [0.1, 0.15) is 5.82 Å². The van der Waals surface area contributed by atoms with E-state index >= 15 is 0 Å². The van der Waals surface area contributed by atoms with Crippen molar-refractivity contribution in [1.29, 1.82) is 0 Å². The molecular weight excluding hydrogens is 313 g/mol. The predicted molar refractivity (Wildman–Crippen MR) is 73.2 cm³/mol. The highest BCUT2D eigenvalue weighted by atomic mass is 79.9. The van der Waals surface area contributed by atoms with Crippen molar-refractivity contribution in [2.24, 2.45) is 0 Å². The molecule has 0 saturated carbocycles. The maximum absolute atomic E-state index is 13.6. The predicted octanol–water partition coefficient (Wildman–Crippen LogP) is 2.78. The fourth-order valence-corrected chi connectivity index (χ4v) is 2.46. The van der Waals surface area contributed by atoms with Crippen molar-refractivity contribution < 1.29 is 9.50 Å². The van der Waals surface area contributed by atoms with Gasteiger partial charge in [0.2, 0.25) is 0 Å². The molecule has 0 aliphatic carbocycles. The molecule has 2 aromatic rings. The molecule has 2 heterocycles. The first-order valence-electron chi connectivity index (χ1n) is 6.03. The largest absolute Gasteiger partial charge is 0.388 e. The molecule has 0 aromatic carbocycles. The van der Waals surface area contributed by atoms with Gasteiger partial charge in [0.15, 0.2) is 0 Å². The molecule has 0 radical (unpaired) electrons. The second-order valence-corrected chi connectivity index (χ2v) is 5.07. The summed E-state index contributed by atoms with van der Waals surface area (Å²) in [6, 6.07) is 1.49. The monoisotopic (exact) mass is 327 g/mol. The molecule has 1 N–H and O–H groups in total. The highest BCUT2D eigenvalue weighted by Gasteiger charge is 2.19. The minimum absolute atomic E-state index is 0.253. The Labute approximate surface area is 119 Å². The molecule has 2 rings (SSSR count). The van der Waals surface area contributed by atoms with Crippen LogP contribution in [0.15, 0.2) is 22.9 Å². The fraction of sp³-hybridized carbons (Fsp3) is 0.385. The van der Waals surface area contributed by atoms with Crippen LogP contribution < -0.4 is 0 Å². The van der Waals surface area contributed by atoms with Crippen LogP contribution in [-0.2, 0) is 13.0 Å². The smallest absolute Gasteiger partial charge is 0.147 e. The number of aliphatic hydroxyl groups excluding tert-OH is 1. The standard InChI is InChI=1S/C13H15BrFN3O/c1-3-18-11(13(14)8(2)17-18)6-12(19)9-4-5-16-7-10(9)15/h4-5,7,12,19H,3,6H2,1-2H3. The maximum Gasteiger partial charge on any atom is 0.147 e. The van der Waals surface area contributed by atoms with E-state index in [2.05, 4.69) is 26.0 Å². The minimum atomic E-state index is -0.916. The third-order valence-electron chi connectivity index (χ3n) is 3.00. The van der Waals surface area contributed by atoms with E-state index in [1.807, 2.05) is 18.5 Å². The van der Waals surface area contributed by atoms with E-state index in [9.17, 15) is 9.50 Å². The lowest BCUT2D eigenvalue weighted by molar-refractivity contribution is 0.170. The first kappa shape index (κ1) is 14.1. The molecule has 0 aliphatic rings. The molecule has 6 heteroatoms. The topological polar surface area (TPSA) is 50.9 Å². The Kier molecular flexibility index (Phi) is 4.31. The zero-order valence-corrected chi connectivity index (χ0v) is 12.4. The molecule has 0 aliphatic heterocycles. The van der Waals surface area contributed by atoms with E-state index < -0.39 is 11.9 Å². The van der Waals surface area contributed by atoms with Crippen LogP contribution in [-0.4, -0.2) is 19.9 Å². The van der Waals surface area contributed by atoms with Crippen LogP contribution in [0.5, 0.6) is 0 Å². The summed E-state index contributed by atoms with van der Waals surface area (Å²) < 4.78 is 16.2. The number of aromatic nitrogens is 3. The summed E-state index contributed by atoms with van der Waals surface area (Å²) in [4.78, 5) is 3.68. The molecule has 0 spiro atoms. The normalized spacial score (nSPS) is 12.7. The van der Waals surface area contributed by atoms with Crippen molar-refractivity contribution in [1.82, 2.24) is 14.8 Å². The van der Waals surface area contributed by atoms with E-state index in [0.717, 1.165) is 22.1 Å². The molecule has 1 unspecified atom stereocenters. The Hall–Kier alpha value is -1.27. The Morgan fingerprint density at radius 3 is 2.89 bits per heavy atom. The number of halogens is 2. The lowest BCUT2D eigenvalue weighted by Crippen LogP contribution is -2.10. The van der Waals surface area contributed by atoms with Gasteiger partial charge in [-0.25, -0.2) is 4.39 Å². The molecule has 1 atom stereocenters. The van der Waals surface area contributed by atoms with Crippen LogP contribution in [0.25, 0.3) is 0 Å². The van der Waals surface area contributed by atoms with Gasteiger partial charge in [0.05, 0.1) is 28.2 Å². The van der Waals surface area contributed by atoms with Crippen LogP contribution in [0.1, 0.15) is 30.0 Å². The van der Waals surface area contributed by atoms with Gasteiger partial charge in [-0.1, -0.05) is 0 Å². The summed E-state index contributed by atoms with van der Waals surface area (Å²) in [5.74, 6) is -0.495. The summed E-state index contributed by atoms with van der Waals surface area (Å²) >= 11 is 3.46. The van der Waals surface area contributed by atoms with E-state index in [0.29, 0.717) is 13.0 Å². The van der Waals surface area contributed by atoms with Gasteiger partial charge in [-0.15, -0.1) is 0 Å². The molecule has 2 aromatic heterocycles. The zero-order chi connectivity index (χ0) is 14.0. The number of aliphatic hydroxyl groups is 1. The van der Waals surface area contributed by atoms with Crippen LogP contribution in [0.4, 0.5) is 4.39 Å². The highest BCUT2D eigenvalue weighted by molar-refractivity contribution is 9.10. The van der Waals surface area contributed by atoms with Gasteiger partial charge in [-0.2, -0.15) is 5.10 Å². The number of aryl methyl sites for hydroxylation is 2. The van der Waals surface area contributed by atoms with Crippen molar-refractivity contribution in [2.75, 3.05) is 0 Å². The highest BCUT2D eigenvalue weighted by Crippen LogP contribution is 2.27. The van der Waals surface area contributed by atoms with Crippen molar-refractivity contribution in [3.8, 4) is 0 Å². The average Bonchev–Trinajstić information content (AvgIpc) is 2.67. The Morgan fingerprint density at radius 2 is 2.26 bits per heavy atom. The van der Waals surface area contributed by atoms with Gasteiger partial charge in [-0.05, 0) is 35.8 Å². The van der Waals surface area contributed by atoms with Gasteiger partial charge >= 0.3 is 0 Å². The van der Waals surface area contributed by atoms with E-state index in [1.54, 1.807) is 0 Å². The number of pyridine rings is 1. The second-order valence-electron chi connectivity index (χ2n) is 4.28. The Bertz CT molecular complexity index is 585. The first-order valence-corrected chi connectivity index (χ1v) is 6.83. The zero-order valence-electron chi connectivity index (χ0n) is 10.8. The third-order valence-corrected chi connectivity index (χ3v) is 4.03. The van der Waals surface area contributed by atoms with E-state index in [4.69, 9.17) is 0 Å². The van der Waals surface area contributed by atoms with Crippen molar-refractivity contribution in [3.63, 3.8) is 0 Å². The molecular formula is C13H15BrFN3O. The summed E-state index contributed by atoms with van der Waals surface area (Å²) in [6.07, 6.45) is 1.96. The van der Waals surface area contributed by atoms with Crippen molar-refractivity contribution in [3.05, 3.63) is 45.7 Å². The minimum Gasteiger partial charge on any atom is -0.388 e. The molecule has 0 bridgehead atoms. The van der Waals surface area contributed by atoms with Crippen molar-refractivity contribution in [2.45, 2.75) is 32.9 Å². The van der Waals surface area contributed by atoms with E-state index in [1.165, 1.54) is 12.3 Å². The number of nitrogens with zero attached hydrogens (tertiary/aromatic N) is 3.